The summed E-state index contributed by atoms with van der Waals surface area (Å²) in [6.45, 7) is 4.60. The Morgan fingerprint density at radius 3 is 2.64 bits per heavy atom. The molecule has 142 valence electrons. The van der Waals surface area contributed by atoms with E-state index < -0.39 is 0 Å². The number of carbonyl (C=O) groups is 1. The van der Waals surface area contributed by atoms with E-state index in [4.69, 9.17) is 9.15 Å². The second-order valence-electron chi connectivity index (χ2n) is 6.58. The number of furan rings is 1. The van der Waals surface area contributed by atoms with Gasteiger partial charge in [-0.05, 0) is 49.2 Å². The molecule has 0 radical (unpaired) electrons. The summed E-state index contributed by atoms with van der Waals surface area (Å²) < 4.78 is 11.1. The number of ether oxygens (including phenoxy) is 1. The number of methoxy groups -OCH3 is 1. The zero-order valence-electron chi connectivity index (χ0n) is 16.2. The number of aryl methyl sites for hydroxylation is 1. The van der Waals surface area contributed by atoms with E-state index in [2.05, 4.69) is 11.9 Å². The molecule has 0 bridgehead atoms. The van der Waals surface area contributed by atoms with E-state index >= 15 is 0 Å². The highest BCUT2D eigenvalue weighted by molar-refractivity contribution is 6.07. The number of pyridine rings is 1. The molecule has 5 heteroatoms. The molecular formula is C23H22N2O3. The lowest BCUT2D eigenvalue weighted by molar-refractivity contribution is 0.0963. The smallest absolute Gasteiger partial charge is 0.294 e. The minimum absolute atomic E-state index is 0.164. The monoisotopic (exact) mass is 374 g/mol. The van der Waals surface area contributed by atoms with Gasteiger partial charge in [-0.15, -0.1) is 0 Å². The third kappa shape index (κ3) is 3.09. The molecule has 4 aromatic rings. The number of rotatable bonds is 5. The standard InChI is InChI=1S/C23H22N2O3/c1-4-15-8-6-7-9-20(15)25(5-2)23(26)21-13-17-12-16-10-11-18(27-3)14-19(16)24-22(17)28-21/h6-14H,4-5H2,1-3H3. The summed E-state index contributed by atoms with van der Waals surface area (Å²) in [5.74, 6) is 0.858. The van der Waals surface area contributed by atoms with Crippen LogP contribution in [0.4, 0.5) is 5.69 Å². The fourth-order valence-electron chi connectivity index (χ4n) is 3.47. The number of para-hydroxylation sites is 1. The van der Waals surface area contributed by atoms with E-state index in [-0.39, 0.29) is 11.7 Å². The summed E-state index contributed by atoms with van der Waals surface area (Å²) in [5.41, 5.74) is 3.26. The van der Waals surface area contributed by atoms with Crippen LogP contribution in [0.2, 0.25) is 0 Å². The van der Waals surface area contributed by atoms with Gasteiger partial charge in [0.2, 0.25) is 5.71 Å². The molecule has 0 aliphatic carbocycles. The van der Waals surface area contributed by atoms with Crippen molar-refractivity contribution in [2.45, 2.75) is 20.3 Å². The molecule has 0 unspecified atom stereocenters. The zero-order chi connectivity index (χ0) is 19.7. The lowest BCUT2D eigenvalue weighted by Gasteiger charge is -2.22. The fraction of sp³-hybridized carbons (Fsp3) is 0.217. The Morgan fingerprint density at radius 2 is 1.89 bits per heavy atom. The molecule has 0 aliphatic heterocycles. The molecule has 0 N–H and O–H groups in total. The summed E-state index contributed by atoms with van der Waals surface area (Å²) in [6.07, 6.45) is 0.856. The van der Waals surface area contributed by atoms with Crippen LogP contribution < -0.4 is 9.64 Å². The van der Waals surface area contributed by atoms with Gasteiger partial charge in [-0.25, -0.2) is 4.98 Å². The summed E-state index contributed by atoms with van der Waals surface area (Å²) in [5, 5.41) is 1.78. The van der Waals surface area contributed by atoms with Crippen molar-refractivity contribution in [1.29, 1.82) is 0 Å². The summed E-state index contributed by atoms with van der Waals surface area (Å²) in [4.78, 5) is 19.5. The van der Waals surface area contributed by atoms with Crippen molar-refractivity contribution in [2.75, 3.05) is 18.6 Å². The molecule has 0 aliphatic rings. The second-order valence-corrected chi connectivity index (χ2v) is 6.58. The molecule has 1 amide bonds. The minimum Gasteiger partial charge on any atom is -0.497 e. The van der Waals surface area contributed by atoms with E-state index in [1.807, 2.05) is 55.5 Å². The molecule has 2 aromatic heterocycles. The summed E-state index contributed by atoms with van der Waals surface area (Å²) in [6, 6.07) is 17.4. The van der Waals surface area contributed by atoms with Gasteiger partial charge in [0, 0.05) is 29.1 Å². The Morgan fingerprint density at radius 1 is 1.07 bits per heavy atom. The predicted octanol–water partition coefficient (Wildman–Crippen LogP) is 5.22. The summed E-state index contributed by atoms with van der Waals surface area (Å²) in [7, 11) is 1.62. The van der Waals surface area contributed by atoms with Crippen molar-refractivity contribution >= 4 is 33.6 Å². The SMILES string of the molecule is CCc1ccccc1N(CC)C(=O)c1cc2cc3ccc(OC)cc3nc2o1. The topological polar surface area (TPSA) is 55.6 Å². The van der Waals surface area contributed by atoms with Crippen LogP contribution in [0.5, 0.6) is 5.75 Å². The van der Waals surface area contributed by atoms with Crippen molar-refractivity contribution in [3.05, 3.63) is 65.9 Å². The number of amides is 1. The number of hydrogen-bond acceptors (Lipinski definition) is 4. The maximum atomic E-state index is 13.2. The van der Waals surface area contributed by atoms with E-state index in [0.717, 1.165) is 39.7 Å². The Balaban J connectivity index is 1.76. The number of fused-ring (bicyclic) bond motifs is 2. The summed E-state index contributed by atoms with van der Waals surface area (Å²) >= 11 is 0. The molecule has 0 spiro atoms. The van der Waals surface area contributed by atoms with Crippen molar-refractivity contribution < 1.29 is 13.9 Å². The van der Waals surface area contributed by atoms with Gasteiger partial charge >= 0.3 is 0 Å². The highest BCUT2D eigenvalue weighted by Gasteiger charge is 2.22. The number of hydrogen-bond donors (Lipinski definition) is 0. The first-order valence-electron chi connectivity index (χ1n) is 9.42. The second kappa shape index (κ2) is 7.35. The molecule has 2 aromatic carbocycles. The molecule has 0 fully saturated rings. The lowest BCUT2D eigenvalue weighted by Crippen LogP contribution is -2.31. The van der Waals surface area contributed by atoms with Gasteiger partial charge in [0.15, 0.2) is 5.76 Å². The third-order valence-electron chi connectivity index (χ3n) is 4.95. The number of benzene rings is 2. The molecule has 2 heterocycles. The van der Waals surface area contributed by atoms with Gasteiger partial charge in [0.25, 0.3) is 5.91 Å². The highest BCUT2D eigenvalue weighted by atomic mass is 16.5. The molecule has 4 rings (SSSR count). The average molecular weight is 374 g/mol. The lowest BCUT2D eigenvalue weighted by atomic mass is 10.1. The fourth-order valence-corrected chi connectivity index (χ4v) is 3.47. The minimum atomic E-state index is -0.164. The Hall–Kier alpha value is -3.34. The predicted molar refractivity (Wildman–Crippen MR) is 111 cm³/mol. The molecule has 28 heavy (non-hydrogen) atoms. The van der Waals surface area contributed by atoms with Crippen molar-refractivity contribution in [3.63, 3.8) is 0 Å². The van der Waals surface area contributed by atoms with Gasteiger partial charge in [0.1, 0.15) is 5.75 Å². The van der Waals surface area contributed by atoms with Crippen LogP contribution in [0.3, 0.4) is 0 Å². The highest BCUT2D eigenvalue weighted by Crippen LogP contribution is 2.28. The van der Waals surface area contributed by atoms with Crippen LogP contribution in [-0.2, 0) is 6.42 Å². The first-order chi connectivity index (χ1) is 13.6. The Kier molecular flexibility index (Phi) is 4.74. The average Bonchev–Trinajstić information content (AvgIpc) is 3.15. The van der Waals surface area contributed by atoms with Crippen molar-refractivity contribution in [3.8, 4) is 5.75 Å². The third-order valence-corrected chi connectivity index (χ3v) is 4.95. The van der Waals surface area contributed by atoms with Gasteiger partial charge in [0.05, 0.1) is 12.6 Å². The molecule has 0 saturated carbocycles. The number of anilines is 1. The Labute approximate surface area is 163 Å². The maximum absolute atomic E-state index is 13.2. The van der Waals surface area contributed by atoms with Crippen LogP contribution in [0.25, 0.3) is 22.0 Å². The number of aromatic nitrogens is 1. The van der Waals surface area contributed by atoms with Gasteiger partial charge in [-0.3, -0.25) is 4.79 Å². The van der Waals surface area contributed by atoms with Crippen molar-refractivity contribution in [2.24, 2.45) is 0 Å². The van der Waals surface area contributed by atoms with E-state index in [1.165, 1.54) is 0 Å². The molecular weight excluding hydrogens is 352 g/mol. The van der Waals surface area contributed by atoms with E-state index in [1.54, 1.807) is 18.1 Å². The maximum Gasteiger partial charge on any atom is 0.294 e. The van der Waals surface area contributed by atoms with Crippen LogP contribution in [-0.4, -0.2) is 24.5 Å². The van der Waals surface area contributed by atoms with Crippen LogP contribution in [0, 0.1) is 0 Å². The van der Waals surface area contributed by atoms with Crippen LogP contribution >= 0.6 is 0 Å². The number of nitrogens with zero attached hydrogens (tertiary/aromatic N) is 2. The van der Waals surface area contributed by atoms with E-state index in [9.17, 15) is 4.79 Å². The van der Waals surface area contributed by atoms with Gasteiger partial charge < -0.3 is 14.1 Å². The molecule has 5 nitrogen and oxygen atoms in total. The molecule has 0 saturated heterocycles. The molecule has 0 atom stereocenters. The first-order valence-corrected chi connectivity index (χ1v) is 9.42. The Bertz CT molecular complexity index is 1160. The largest absolute Gasteiger partial charge is 0.497 e. The van der Waals surface area contributed by atoms with E-state index in [0.29, 0.717) is 12.3 Å². The first kappa shape index (κ1) is 18.0. The zero-order valence-corrected chi connectivity index (χ0v) is 16.2. The van der Waals surface area contributed by atoms with Crippen LogP contribution in [0.15, 0.2) is 59.0 Å². The van der Waals surface area contributed by atoms with Crippen LogP contribution in [0.1, 0.15) is 30.0 Å². The van der Waals surface area contributed by atoms with Gasteiger partial charge in [-0.2, -0.15) is 0 Å². The quantitative estimate of drug-likeness (QED) is 0.481. The number of carbonyl (C=O) groups excluding carboxylic acids is 1. The van der Waals surface area contributed by atoms with Gasteiger partial charge in [-0.1, -0.05) is 25.1 Å². The normalized spacial score (nSPS) is 11.1. The van der Waals surface area contributed by atoms with Crippen molar-refractivity contribution in [1.82, 2.24) is 4.98 Å².